The average Bonchev–Trinajstić information content (AvgIpc) is 2.99. The van der Waals surface area contributed by atoms with Crippen molar-refractivity contribution in [1.82, 2.24) is 20.4 Å². The third kappa shape index (κ3) is 13.5. The summed E-state index contributed by atoms with van der Waals surface area (Å²) < 4.78 is 5.36. The van der Waals surface area contributed by atoms with Crippen LogP contribution < -0.4 is 16.4 Å². The molecule has 0 aromatic heterocycles. The summed E-state index contributed by atoms with van der Waals surface area (Å²) in [7, 11) is 4.03. The van der Waals surface area contributed by atoms with Crippen LogP contribution in [0.2, 0.25) is 10.0 Å². The lowest BCUT2D eigenvalue weighted by Gasteiger charge is -2.40. The zero-order chi connectivity index (χ0) is 34.5. The van der Waals surface area contributed by atoms with E-state index in [1.807, 2.05) is 57.4 Å². The molecule has 0 saturated carbocycles. The number of nitrogens with two attached hydrogens (primary N) is 1. The number of hydrogen-bond donors (Lipinski definition) is 4. The number of carbonyl (C=O) groups excluding carboxylic acids is 2. The van der Waals surface area contributed by atoms with Crippen molar-refractivity contribution in [3.8, 4) is 0 Å². The van der Waals surface area contributed by atoms with E-state index in [0.717, 1.165) is 55.2 Å². The number of hydrogen-bond acceptors (Lipinski definition) is 7. The van der Waals surface area contributed by atoms with Gasteiger partial charge in [-0.15, -0.1) is 0 Å². The zero-order valence-electron chi connectivity index (χ0n) is 28.0. The molecule has 4 rings (SSSR count). The number of aliphatic carboxylic acids is 1. The molecule has 5 N–H and O–H groups in total. The Bertz CT molecular complexity index is 1250. The fourth-order valence-corrected chi connectivity index (χ4v) is 5.06. The number of carboxylic acids is 1. The second kappa shape index (κ2) is 17.9. The van der Waals surface area contributed by atoms with E-state index in [0.29, 0.717) is 31.0 Å². The van der Waals surface area contributed by atoms with E-state index < -0.39 is 28.6 Å². The van der Waals surface area contributed by atoms with Gasteiger partial charge in [-0.1, -0.05) is 47.5 Å². The quantitative estimate of drug-likeness (QED) is 0.312. The van der Waals surface area contributed by atoms with Gasteiger partial charge in [0.15, 0.2) is 0 Å². The zero-order valence-corrected chi connectivity index (χ0v) is 29.5. The fraction of sp³-hybridized carbons (Fsp3) is 0.559. The van der Waals surface area contributed by atoms with Gasteiger partial charge in [-0.3, -0.25) is 9.59 Å². The Morgan fingerprint density at radius 3 is 1.70 bits per heavy atom. The minimum atomic E-state index is -0.957. The molecule has 12 heteroatoms. The summed E-state index contributed by atoms with van der Waals surface area (Å²) in [6.07, 6.45) is 2.06. The molecule has 2 aliphatic rings. The highest BCUT2D eigenvalue weighted by molar-refractivity contribution is 6.30. The molecule has 2 aromatic rings. The van der Waals surface area contributed by atoms with Crippen molar-refractivity contribution >= 4 is 41.2 Å². The molecular formula is C34H51Cl2N5O5. The van der Waals surface area contributed by atoms with Crippen LogP contribution in [0.5, 0.6) is 0 Å². The molecule has 2 aromatic carbocycles. The largest absolute Gasteiger partial charge is 0.481 e. The molecule has 2 amide bonds. The topological polar surface area (TPSA) is 137 Å². The number of nitrogens with one attached hydrogen (secondary N) is 2. The predicted molar refractivity (Wildman–Crippen MR) is 184 cm³/mol. The maximum absolute atomic E-state index is 12.9. The number of carboxylic acid groups (broad SMARTS) is 1. The SMILES string of the molecule is CN1CCC(C)(C(=O)O)CC1.CN1CCC(NC(=O)OC(C)(C)C)(C(=O)NCc2ccc(Cl)cc2)CC1.NCc1ccc(Cl)cc1. The molecule has 2 saturated heterocycles. The Kier molecular flexibility index (Phi) is 15.3. The predicted octanol–water partition coefficient (Wildman–Crippen LogP) is 5.55. The first-order valence-electron chi connectivity index (χ1n) is 15.6. The Hall–Kier alpha value is -2.89. The van der Waals surface area contributed by atoms with E-state index in [4.69, 9.17) is 38.8 Å². The van der Waals surface area contributed by atoms with Crippen LogP contribution in [0.15, 0.2) is 48.5 Å². The first-order valence-corrected chi connectivity index (χ1v) is 16.3. The highest BCUT2D eigenvalue weighted by atomic mass is 35.5. The lowest BCUT2D eigenvalue weighted by molar-refractivity contribution is -0.150. The number of carbonyl (C=O) groups is 3. The Labute approximate surface area is 283 Å². The molecule has 0 aliphatic carbocycles. The second-order valence-corrected chi connectivity index (χ2v) is 14.2. The number of benzene rings is 2. The van der Waals surface area contributed by atoms with Crippen LogP contribution in [0.4, 0.5) is 4.79 Å². The summed E-state index contributed by atoms with van der Waals surface area (Å²) in [5.41, 5.74) is 5.38. The number of alkyl carbamates (subject to hydrolysis) is 1. The van der Waals surface area contributed by atoms with Crippen molar-refractivity contribution in [1.29, 1.82) is 0 Å². The van der Waals surface area contributed by atoms with E-state index in [1.165, 1.54) is 0 Å². The van der Waals surface area contributed by atoms with Crippen LogP contribution >= 0.6 is 23.2 Å². The van der Waals surface area contributed by atoms with Gasteiger partial charge in [-0.05, 0) is 116 Å². The minimum Gasteiger partial charge on any atom is -0.481 e. The third-order valence-electron chi connectivity index (χ3n) is 8.14. The van der Waals surface area contributed by atoms with Crippen LogP contribution in [-0.2, 0) is 27.4 Å². The van der Waals surface area contributed by atoms with Crippen molar-refractivity contribution in [3.63, 3.8) is 0 Å². The molecule has 0 atom stereocenters. The number of likely N-dealkylation sites (tertiary alicyclic amines) is 2. The van der Waals surface area contributed by atoms with Crippen LogP contribution in [0.25, 0.3) is 0 Å². The van der Waals surface area contributed by atoms with Crippen LogP contribution in [0, 0.1) is 5.41 Å². The van der Waals surface area contributed by atoms with Crippen LogP contribution in [0.1, 0.15) is 64.5 Å². The highest BCUT2D eigenvalue weighted by Gasteiger charge is 2.43. The Balaban J connectivity index is 0.000000299. The molecule has 0 spiro atoms. The van der Waals surface area contributed by atoms with Gasteiger partial charge in [-0.2, -0.15) is 0 Å². The van der Waals surface area contributed by atoms with Gasteiger partial charge in [0.1, 0.15) is 11.1 Å². The number of rotatable bonds is 6. The smallest absolute Gasteiger partial charge is 0.408 e. The third-order valence-corrected chi connectivity index (χ3v) is 8.64. The molecule has 2 aliphatic heterocycles. The minimum absolute atomic E-state index is 0.189. The second-order valence-electron chi connectivity index (χ2n) is 13.3. The van der Waals surface area contributed by atoms with Gasteiger partial charge < -0.3 is 36.0 Å². The number of halogens is 2. The lowest BCUT2D eigenvalue weighted by atomic mass is 9.81. The summed E-state index contributed by atoms with van der Waals surface area (Å²) in [5, 5.41) is 16.0. The van der Waals surface area contributed by atoms with Crippen molar-refractivity contribution in [2.24, 2.45) is 11.1 Å². The lowest BCUT2D eigenvalue weighted by Crippen LogP contribution is -2.63. The van der Waals surface area contributed by atoms with Crippen molar-refractivity contribution in [3.05, 3.63) is 69.7 Å². The Morgan fingerprint density at radius 2 is 1.28 bits per heavy atom. The van der Waals surface area contributed by atoms with Gasteiger partial charge >= 0.3 is 12.1 Å². The van der Waals surface area contributed by atoms with Gasteiger partial charge in [0, 0.05) is 36.2 Å². The van der Waals surface area contributed by atoms with E-state index in [2.05, 4.69) is 20.4 Å². The number of nitrogens with zero attached hydrogens (tertiary/aromatic N) is 2. The van der Waals surface area contributed by atoms with Crippen molar-refractivity contribution in [2.45, 2.75) is 77.6 Å². The molecule has 0 unspecified atom stereocenters. The molecule has 2 heterocycles. The Morgan fingerprint density at radius 1 is 0.848 bits per heavy atom. The maximum atomic E-state index is 12.9. The summed E-state index contributed by atoms with van der Waals surface area (Å²) in [4.78, 5) is 40.3. The molecule has 10 nitrogen and oxygen atoms in total. The van der Waals surface area contributed by atoms with Gasteiger partial charge in [0.05, 0.1) is 5.41 Å². The van der Waals surface area contributed by atoms with E-state index in [9.17, 15) is 14.4 Å². The monoisotopic (exact) mass is 679 g/mol. The first-order chi connectivity index (χ1) is 21.5. The molecule has 2 fully saturated rings. The van der Waals surface area contributed by atoms with Crippen LogP contribution in [-0.4, -0.2) is 84.3 Å². The van der Waals surface area contributed by atoms with E-state index in [-0.39, 0.29) is 5.91 Å². The van der Waals surface area contributed by atoms with Gasteiger partial charge in [0.25, 0.3) is 0 Å². The number of amides is 2. The summed E-state index contributed by atoms with van der Waals surface area (Å²) in [6, 6.07) is 14.8. The summed E-state index contributed by atoms with van der Waals surface area (Å²) in [6.45, 7) is 11.5. The van der Waals surface area contributed by atoms with Gasteiger partial charge in [-0.25, -0.2) is 4.79 Å². The van der Waals surface area contributed by atoms with Crippen molar-refractivity contribution in [2.75, 3.05) is 40.3 Å². The maximum Gasteiger partial charge on any atom is 0.408 e. The summed E-state index contributed by atoms with van der Waals surface area (Å²) >= 11 is 11.5. The van der Waals surface area contributed by atoms with E-state index in [1.54, 1.807) is 32.9 Å². The molecule has 0 radical (unpaired) electrons. The number of ether oxygens (including phenoxy) is 1. The first kappa shape index (κ1) is 39.3. The van der Waals surface area contributed by atoms with Gasteiger partial charge in [0.2, 0.25) is 5.91 Å². The highest BCUT2D eigenvalue weighted by Crippen LogP contribution is 2.30. The van der Waals surface area contributed by atoms with Crippen LogP contribution in [0.3, 0.4) is 0 Å². The van der Waals surface area contributed by atoms with Crippen molar-refractivity contribution < 1.29 is 24.2 Å². The normalized spacial score (nSPS) is 17.7. The standard InChI is InChI=1S/C19H28ClN3O3.C8H15NO2.C7H8ClN/c1-18(2,3)26-17(25)22-19(9-11-23(4)12-10-19)16(24)21-13-14-5-7-15(20)8-6-14;1-8(7(10)11)3-5-9(2)6-4-8;8-7-3-1-6(5-9)2-4-7/h5-8H,9-13H2,1-4H3,(H,21,24)(H,22,25);3-6H2,1-2H3,(H,10,11);1-4H,5,9H2. The molecule has 0 bridgehead atoms. The molecule has 46 heavy (non-hydrogen) atoms. The fourth-order valence-electron chi connectivity index (χ4n) is 4.81. The van der Waals surface area contributed by atoms with E-state index >= 15 is 0 Å². The summed E-state index contributed by atoms with van der Waals surface area (Å²) in [5.74, 6) is -0.836. The number of piperidine rings is 2. The molecule has 256 valence electrons. The molecular weight excluding hydrogens is 629 g/mol. The average molecular weight is 681 g/mol.